The van der Waals surface area contributed by atoms with E-state index in [4.69, 9.17) is 5.11 Å². The highest BCUT2D eigenvalue weighted by atomic mass is 19.1. The number of amides is 1. The largest absolute Gasteiger partial charge is 0.481 e. The molecule has 3 rings (SSSR count). The predicted octanol–water partition coefficient (Wildman–Crippen LogP) is 1.39. The first kappa shape index (κ1) is 14.5. The minimum absolute atomic E-state index is 0.0869. The van der Waals surface area contributed by atoms with Gasteiger partial charge in [-0.1, -0.05) is 0 Å². The van der Waals surface area contributed by atoms with Crippen LogP contribution in [0.1, 0.15) is 25.5 Å². The maximum atomic E-state index is 13.1. The molecule has 0 bridgehead atoms. The molecule has 2 N–H and O–H groups in total. The van der Waals surface area contributed by atoms with Crippen molar-refractivity contribution in [1.82, 2.24) is 14.7 Å². The van der Waals surface area contributed by atoms with Crippen molar-refractivity contribution in [1.29, 1.82) is 0 Å². The number of hydrogen-bond acceptors (Lipinski definition) is 3. The fourth-order valence-corrected chi connectivity index (χ4v) is 2.85. The summed E-state index contributed by atoms with van der Waals surface area (Å²) in [5.41, 5.74) is 0.383. The summed E-state index contributed by atoms with van der Waals surface area (Å²) in [6, 6.07) is 2.75. The van der Waals surface area contributed by atoms with Crippen molar-refractivity contribution < 1.29 is 19.1 Å². The fourth-order valence-electron chi connectivity index (χ4n) is 2.85. The van der Waals surface area contributed by atoms with E-state index in [1.807, 2.05) is 0 Å². The number of nitrogens with zero attached hydrogens (tertiary/aromatic N) is 2. The van der Waals surface area contributed by atoms with Crippen LogP contribution in [0.4, 0.5) is 4.39 Å². The second-order valence-corrected chi connectivity index (χ2v) is 6.06. The normalized spacial score (nSPS) is 24.0. The predicted molar refractivity (Wildman–Crippen MR) is 75.8 cm³/mol. The Balaban J connectivity index is 1.59. The average Bonchev–Trinajstić information content (AvgIpc) is 2.77. The number of carbonyl (C=O) groups excluding carboxylic acids is 1. The molecule has 1 aliphatic carbocycles. The van der Waals surface area contributed by atoms with Crippen LogP contribution < -0.4 is 5.32 Å². The van der Waals surface area contributed by atoms with Crippen molar-refractivity contribution in [2.24, 2.45) is 5.41 Å². The van der Waals surface area contributed by atoms with Gasteiger partial charge in [0.25, 0.3) is 0 Å². The van der Waals surface area contributed by atoms with Crippen LogP contribution in [-0.2, 0) is 16.0 Å². The lowest BCUT2D eigenvalue weighted by Gasteiger charge is -2.41. The van der Waals surface area contributed by atoms with E-state index in [-0.39, 0.29) is 24.2 Å². The van der Waals surface area contributed by atoms with Crippen LogP contribution in [0.2, 0.25) is 0 Å². The van der Waals surface area contributed by atoms with Gasteiger partial charge in [-0.25, -0.2) is 9.37 Å². The Kier molecular flexibility index (Phi) is 3.35. The number of pyridine rings is 1. The molecule has 0 atom stereocenters. The molecule has 0 aliphatic heterocycles. The van der Waals surface area contributed by atoms with E-state index in [1.165, 1.54) is 16.7 Å². The third-order valence-corrected chi connectivity index (χ3v) is 4.08. The Labute approximate surface area is 126 Å². The summed E-state index contributed by atoms with van der Waals surface area (Å²) in [6.07, 6.45) is 3.87. The summed E-state index contributed by atoms with van der Waals surface area (Å²) in [6.45, 7) is 1.68. The zero-order valence-electron chi connectivity index (χ0n) is 12.0. The molecule has 1 aliphatic rings. The van der Waals surface area contributed by atoms with Gasteiger partial charge in [0.1, 0.15) is 11.5 Å². The fraction of sp³-hybridized carbons (Fsp3) is 0.400. The van der Waals surface area contributed by atoms with E-state index < -0.39 is 11.4 Å². The molecule has 2 aromatic rings. The lowest BCUT2D eigenvalue weighted by atomic mass is 9.67. The number of hydrogen-bond donors (Lipinski definition) is 2. The van der Waals surface area contributed by atoms with Gasteiger partial charge in [-0.2, -0.15) is 0 Å². The molecule has 1 amide bonds. The summed E-state index contributed by atoms with van der Waals surface area (Å²) < 4.78 is 14.6. The zero-order chi connectivity index (χ0) is 15.9. The van der Waals surface area contributed by atoms with Gasteiger partial charge in [0.2, 0.25) is 5.91 Å². The second kappa shape index (κ2) is 5.08. The maximum absolute atomic E-state index is 13.1. The van der Waals surface area contributed by atoms with Gasteiger partial charge in [-0.3, -0.25) is 9.59 Å². The number of fused-ring (bicyclic) bond motifs is 1. The molecule has 1 saturated carbocycles. The lowest BCUT2D eigenvalue weighted by molar-refractivity contribution is -0.155. The zero-order valence-corrected chi connectivity index (χ0v) is 12.0. The maximum Gasteiger partial charge on any atom is 0.309 e. The average molecular weight is 305 g/mol. The third-order valence-electron chi connectivity index (χ3n) is 4.08. The van der Waals surface area contributed by atoms with Crippen LogP contribution in [0, 0.1) is 11.2 Å². The van der Waals surface area contributed by atoms with Gasteiger partial charge in [-0.05, 0) is 31.9 Å². The van der Waals surface area contributed by atoms with Crippen molar-refractivity contribution in [3.63, 3.8) is 0 Å². The highest BCUT2D eigenvalue weighted by Gasteiger charge is 2.46. The quantitative estimate of drug-likeness (QED) is 0.894. The minimum atomic E-state index is -0.833. The van der Waals surface area contributed by atoms with Crippen molar-refractivity contribution in [3.8, 4) is 0 Å². The number of imidazole rings is 1. The molecular formula is C15H16FN3O3. The highest BCUT2D eigenvalue weighted by molar-refractivity contribution is 5.80. The molecule has 0 unspecified atom stereocenters. The third kappa shape index (κ3) is 2.66. The van der Waals surface area contributed by atoms with Crippen LogP contribution in [0.15, 0.2) is 24.5 Å². The van der Waals surface area contributed by atoms with Crippen LogP contribution in [-0.4, -0.2) is 32.4 Å². The van der Waals surface area contributed by atoms with Crippen molar-refractivity contribution in [2.45, 2.75) is 32.2 Å². The lowest BCUT2D eigenvalue weighted by Crippen LogP contribution is -2.53. The Morgan fingerprint density at radius 3 is 2.86 bits per heavy atom. The molecule has 2 heterocycles. The van der Waals surface area contributed by atoms with E-state index in [2.05, 4.69) is 10.3 Å². The number of aliphatic carboxylic acids is 1. The molecule has 0 spiro atoms. The van der Waals surface area contributed by atoms with Crippen molar-refractivity contribution in [2.75, 3.05) is 0 Å². The Morgan fingerprint density at radius 2 is 2.18 bits per heavy atom. The molecule has 0 saturated heterocycles. The number of carbonyl (C=O) groups is 2. The number of carboxylic acid groups (broad SMARTS) is 1. The monoisotopic (exact) mass is 305 g/mol. The molecule has 0 radical (unpaired) electrons. The summed E-state index contributed by atoms with van der Waals surface area (Å²) in [5.74, 6) is -1.41. The van der Waals surface area contributed by atoms with Gasteiger partial charge >= 0.3 is 5.97 Å². The van der Waals surface area contributed by atoms with Crippen LogP contribution in [0.3, 0.4) is 0 Å². The molecule has 22 heavy (non-hydrogen) atoms. The van der Waals surface area contributed by atoms with Crippen molar-refractivity contribution in [3.05, 3.63) is 36.0 Å². The van der Waals surface area contributed by atoms with E-state index in [0.29, 0.717) is 24.2 Å². The molecule has 0 aromatic carbocycles. The van der Waals surface area contributed by atoms with E-state index in [0.717, 1.165) is 0 Å². The highest BCUT2D eigenvalue weighted by Crippen LogP contribution is 2.40. The Bertz CT molecular complexity index is 750. The summed E-state index contributed by atoms with van der Waals surface area (Å²) in [4.78, 5) is 27.2. The van der Waals surface area contributed by atoms with E-state index in [1.54, 1.807) is 19.2 Å². The van der Waals surface area contributed by atoms with Gasteiger partial charge in [0.15, 0.2) is 0 Å². The Hall–Kier alpha value is -2.44. The molecular weight excluding hydrogens is 289 g/mol. The first-order chi connectivity index (χ1) is 10.4. The number of rotatable bonds is 4. The molecule has 6 nitrogen and oxygen atoms in total. The van der Waals surface area contributed by atoms with Crippen LogP contribution in [0.25, 0.3) is 5.65 Å². The van der Waals surface area contributed by atoms with Crippen LogP contribution >= 0.6 is 0 Å². The minimum Gasteiger partial charge on any atom is -0.481 e. The summed E-state index contributed by atoms with van der Waals surface area (Å²) >= 11 is 0. The van der Waals surface area contributed by atoms with Gasteiger partial charge in [-0.15, -0.1) is 0 Å². The summed E-state index contributed by atoms with van der Waals surface area (Å²) in [5, 5.41) is 11.8. The number of halogens is 1. The van der Waals surface area contributed by atoms with Gasteiger partial charge in [0.05, 0.1) is 17.5 Å². The van der Waals surface area contributed by atoms with Crippen molar-refractivity contribution >= 4 is 17.5 Å². The smallest absolute Gasteiger partial charge is 0.309 e. The molecule has 7 heteroatoms. The molecule has 1 fully saturated rings. The van der Waals surface area contributed by atoms with E-state index >= 15 is 0 Å². The SMILES string of the molecule is CC1(C(=O)O)CC(NC(=O)Cc2cn3cc(F)ccc3n2)C1. The number of nitrogens with one attached hydrogen (secondary N) is 1. The molecule has 2 aromatic heterocycles. The molecule has 116 valence electrons. The van der Waals surface area contributed by atoms with Gasteiger partial charge in [0, 0.05) is 18.4 Å². The first-order valence-corrected chi connectivity index (χ1v) is 7.02. The number of carboxylic acids is 1. The summed E-state index contributed by atoms with van der Waals surface area (Å²) in [7, 11) is 0. The topological polar surface area (TPSA) is 83.7 Å². The number of aromatic nitrogens is 2. The van der Waals surface area contributed by atoms with Crippen LogP contribution in [0.5, 0.6) is 0 Å². The second-order valence-electron chi connectivity index (χ2n) is 6.06. The first-order valence-electron chi connectivity index (χ1n) is 7.02. The Morgan fingerprint density at radius 1 is 1.45 bits per heavy atom. The van der Waals surface area contributed by atoms with E-state index in [9.17, 15) is 14.0 Å². The van der Waals surface area contributed by atoms with Gasteiger partial charge < -0.3 is 14.8 Å². The standard InChI is InChI=1S/C15H16FN3O3/c1-15(14(21)22)5-11(6-15)18-13(20)4-10-8-19-7-9(16)2-3-12(19)17-10/h2-3,7-8,11H,4-6H2,1H3,(H,18,20)(H,21,22).